The van der Waals surface area contributed by atoms with Gasteiger partial charge in [-0.2, -0.15) is 0 Å². The molecule has 1 aliphatic rings. The van der Waals surface area contributed by atoms with Gasteiger partial charge in [0.25, 0.3) is 5.91 Å². The average Bonchev–Trinajstić information content (AvgIpc) is 2.78. The summed E-state index contributed by atoms with van der Waals surface area (Å²) in [5.41, 5.74) is -0.296. The normalized spacial score (nSPS) is 22.7. The van der Waals surface area contributed by atoms with Gasteiger partial charge in [-0.05, 0) is 19.3 Å². The lowest BCUT2D eigenvalue weighted by atomic mass is 10.1. The van der Waals surface area contributed by atoms with E-state index >= 15 is 0 Å². The Labute approximate surface area is 103 Å². The van der Waals surface area contributed by atoms with Gasteiger partial charge in [0.15, 0.2) is 5.43 Å². The molecule has 1 amide bonds. The molecule has 1 fully saturated rings. The van der Waals surface area contributed by atoms with Crippen molar-refractivity contribution in [3.05, 3.63) is 34.2 Å². The molecular formula is C12H14N2O4. The van der Waals surface area contributed by atoms with E-state index in [0.717, 1.165) is 0 Å². The smallest absolute Gasteiger partial charge is 0.306 e. The maximum Gasteiger partial charge on any atom is 0.306 e. The van der Waals surface area contributed by atoms with Crippen molar-refractivity contribution in [2.24, 2.45) is 5.92 Å². The van der Waals surface area contributed by atoms with Crippen molar-refractivity contribution in [2.75, 3.05) is 0 Å². The molecule has 0 unspecified atom stereocenters. The van der Waals surface area contributed by atoms with Crippen LogP contribution in [0.3, 0.4) is 0 Å². The van der Waals surface area contributed by atoms with E-state index in [1.165, 1.54) is 18.5 Å². The molecule has 0 aliphatic heterocycles. The molecular weight excluding hydrogens is 236 g/mol. The van der Waals surface area contributed by atoms with Crippen LogP contribution in [0.4, 0.5) is 0 Å². The maximum absolute atomic E-state index is 11.8. The van der Waals surface area contributed by atoms with Gasteiger partial charge in [0.05, 0.1) is 5.92 Å². The second-order valence-electron chi connectivity index (χ2n) is 4.44. The Bertz CT molecular complexity index is 523. The predicted molar refractivity (Wildman–Crippen MR) is 63.3 cm³/mol. The van der Waals surface area contributed by atoms with Crippen LogP contribution in [0, 0.1) is 5.92 Å². The first-order valence-corrected chi connectivity index (χ1v) is 5.78. The number of aromatic amines is 1. The van der Waals surface area contributed by atoms with Crippen LogP contribution in [0.15, 0.2) is 23.3 Å². The van der Waals surface area contributed by atoms with E-state index in [4.69, 9.17) is 5.11 Å². The van der Waals surface area contributed by atoms with E-state index in [2.05, 4.69) is 10.3 Å². The number of carbonyl (C=O) groups is 2. The van der Waals surface area contributed by atoms with Crippen molar-refractivity contribution < 1.29 is 14.7 Å². The molecule has 18 heavy (non-hydrogen) atoms. The number of amides is 1. The molecule has 0 radical (unpaired) electrons. The molecule has 96 valence electrons. The number of rotatable bonds is 3. The summed E-state index contributed by atoms with van der Waals surface area (Å²) in [4.78, 5) is 36.7. The molecule has 6 heteroatoms. The minimum Gasteiger partial charge on any atom is -0.481 e. The van der Waals surface area contributed by atoms with Gasteiger partial charge >= 0.3 is 5.97 Å². The van der Waals surface area contributed by atoms with Gasteiger partial charge < -0.3 is 15.4 Å². The molecule has 0 saturated heterocycles. The number of carboxylic acid groups (broad SMARTS) is 1. The summed E-state index contributed by atoms with van der Waals surface area (Å²) < 4.78 is 0. The van der Waals surface area contributed by atoms with Gasteiger partial charge in [-0.25, -0.2) is 0 Å². The van der Waals surface area contributed by atoms with Crippen LogP contribution in [0.25, 0.3) is 0 Å². The van der Waals surface area contributed by atoms with Crippen LogP contribution in [0.5, 0.6) is 0 Å². The van der Waals surface area contributed by atoms with Crippen LogP contribution in [0.1, 0.15) is 29.6 Å². The number of hydrogen-bond donors (Lipinski definition) is 3. The molecule has 3 N–H and O–H groups in total. The molecule has 1 aromatic heterocycles. The Morgan fingerprint density at radius 3 is 2.78 bits per heavy atom. The zero-order valence-electron chi connectivity index (χ0n) is 9.68. The van der Waals surface area contributed by atoms with Crippen LogP contribution in [-0.2, 0) is 4.79 Å². The highest BCUT2D eigenvalue weighted by Gasteiger charge is 2.30. The average molecular weight is 250 g/mol. The maximum atomic E-state index is 11.8. The largest absolute Gasteiger partial charge is 0.481 e. The number of aliphatic carboxylic acids is 1. The minimum atomic E-state index is -0.829. The number of hydrogen-bond acceptors (Lipinski definition) is 3. The highest BCUT2D eigenvalue weighted by molar-refractivity contribution is 5.94. The number of pyridine rings is 1. The first kappa shape index (κ1) is 12.3. The van der Waals surface area contributed by atoms with Crippen molar-refractivity contribution >= 4 is 11.9 Å². The molecule has 1 aliphatic carbocycles. The van der Waals surface area contributed by atoms with Gasteiger partial charge in [0.1, 0.15) is 5.56 Å². The predicted octanol–water partition coefficient (Wildman–Crippen LogP) is 0.358. The summed E-state index contributed by atoms with van der Waals surface area (Å²) in [6.07, 6.45) is 4.42. The standard InChI is InChI=1S/C12H14N2O4/c15-10-3-4-13-6-9(10)11(16)14-8-2-1-7(5-8)12(17)18/h3-4,6-8H,1-2,5H2,(H,13,15)(H,14,16)(H,17,18)/t7-,8+/m1/s1. The fourth-order valence-corrected chi connectivity index (χ4v) is 2.19. The zero-order chi connectivity index (χ0) is 13.1. The molecule has 2 atom stereocenters. The summed E-state index contributed by atoms with van der Waals surface area (Å²) >= 11 is 0. The monoisotopic (exact) mass is 250 g/mol. The number of nitrogens with one attached hydrogen (secondary N) is 2. The molecule has 6 nitrogen and oxygen atoms in total. The molecule has 0 bridgehead atoms. The lowest BCUT2D eigenvalue weighted by molar-refractivity contribution is -0.141. The highest BCUT2D eigenvalue weighted by atomic mass is 16.4. The second-order valence-corrected chi connectivity index (χ2v) is 4.44. The van der Waals surface area contributed by atoms with Crippen LogP contribution in [-0.4, -0.2) is 28.0 Å². The SMILES string of the molecule is O=C(N[C@H]1CC[C@@H](C(=O)O)C1)c1c[nH]ccc1=O. The molecule has 0 spiro atoms. The quantitative estimate of drug-likeness (QED) is 0.721. The number of carbonyl (C=O) groups excluding carboxylic acids is 1. The molecule has 1 saturated carbocycles. The third-order valence-electron chi connectivity index (χ3n) is 3.19. The summed E-state index contributed by atoms with van der Waals surface area (Å²) in [6.45, 7) is 0. The highest BCUT2D eigenvalue weighted by Crippen LogP contribution is 2.25. The summed E-state index contributed by atoms with van der Waals surface area (Å²) in [7, 11) is 0. The Balaban J connectivity index is 1.99. The number of H-pyrrole nitrogens is 1. The van der Waals surface area contributed by atoms with E-state index in [1.54, 1.807) is 0 Å². The zero-order valence-corrected chi connectivity index (χ0v) is 9.68. The summed E-state index contributed by atoms with van der Waals surface area (Å²) in [5, 5.41) is 11.6. The van der Waals surface area contributed by atoms with Crippen molar-refractivity contribution in [1.29, 1.82) is 0 Å². The Hall–Kier alpha value is -2.11. The van der Waals surface area contributed by atoms with E-state index in [-0.39, 0.29) is 17.0 Å². The number of aromatic nitrogens is 1. The lowest BCUT2D eigenvalue weighted by Crippen LogP contribution is -2.36. The summed E-state index contributed by atoms with van der Waals surface area (Å²) in [6, 6.07) is 1.11. The molecule has 1 aromatic rings. The van der Waals surface area contributed by atoms with Crippen LogP contribution in [0.2, 0.25) is 0 Å². The van der Waals surface area contributed by atoms with E-state index in [0.29, 0.717) is 19.3 Å². The Morgan fingerprint density at radius 1 is 1.39 bits per heavy atom. The van der Waals surface area contributed by atoms with E-state index in [1.807, 2.05) is 0 Å². The van der Waals surface area contributed by atoms with Crippen molar-refractivity contribution in [1.82, 2.24) is 10.3 Å². The second kappa shape index (κ2) is 5.03. The minimum absolute atomic E-state index is 0.0521. The fourth-order valence-electron chi connectivity index (χ4n) is 2.19. The van der Waals surface area contributed by atoms with Crippen LogP contribution < -0.4 is 10.7 Å². The Morgan fingerprint density at radius 2 is 2.17 bits per heavy atom. The molecule has 0 aromatic carbocycles. The van der Waals surface area contributed by atoms with Crippen LogP contribution >= 0.6 is 0 Å². The topological polar surface area (TPSA) is 99.3 Å². The third kappa shape index (κ3) is 2.58. The number of carboxylic acids is 1. The van der Waals surface area contributed by atoms with Crippen molar-refractivity contribution in [3.63, 3.8) is 0 Å². The first-order valence-electron chi connectivity index (χ1n) is 5.78. The molecule has 2 rings (SSSR count). The van der Waals surface area contributed by atoms with Gasteiger partial charge in [0, 0.05) is 24.5 Å². The Kier molecular flexibility index (Phi) is 3.45. The third-order valence-corrected chi connectivity index (χ3v) is 3.19. The lowest BCUT2D eigenvalue weighted by Gasteiger charge is -2.11. The first-order chi connectivity index (χ1) is 8.58. The van der Waals surface area contributed by atoms with E-state index in [9.17, 15) is 14.4 Å². The van der Waals surface area contributed by atoms with Gasteiger partial charge in [-0.3, -0.25) is 14.4 Å². The van der Waals surface area contributed by atoms with Gasteiger partial charge in [0.2, 0.25) is 0 Å². The van der Waals surface area contributed by atoms with Crippen molar-refractivity contribution in [2.45, 2.75) is 25.3 Å². The summed E-state index contributed by atoms with van der Waals surface area (Å²) in [5.74, 6) is -1.68. The fraction of sp³-hybridized carbons (Fsp3) is 0.417. The van der Waals surface area contributed by atoms with Crippen molar-refractivity contribution in [3.8, 4) is 0 Å². The van der Waals surface area contributed by atoms with Gasteiger partial charge in [-0.15, -0.1) is 0 Å². The van der Waals surface area contributed by atoms with E-state index < -0.39 is 17.8 Å². The van der Waals surface area contributed by atoms with Gasteiger partial charge in [-0.1, -0.05) is 0 Å². The molecule has 1 heterocycles.